The van der Waals surface area contributed by atoms with Gasteiger partial charge in [-0.15, -0.1) is 11.3 Å². The number of aromatic carboxylic acids is 1. The second kappa shape index (κ2) is 5.72. The Balaban J connectivity index is 0.000000160. The summed E-state index contributed by atoms with van der Waals surface area (Å²) in [5.41, 5.74) is 13.7. The molecule has 0 spiro atoms. The Kier molecular flexibility index (Phi) is 4.28. The van der Waals surface area contributed by atoms with Gasteiger partial charge in [0.2, 0.25) is 0 Å². The van der Waals surface area contributed by atoms with Crippen molar-refractivity contribution in [1.82, 2.24) is 4.98 Å². The molecule has 84 valence electrons. The molecular formula is C10H11N3O2S. The van der Waals surface area contributed by atoms with Crippen LogP contribution in [-0.4, -0.2) is 16.1 Å². The lowest BCUT2D eigenvalue weighted by atomic mass is 10.3. The maximum atomic E-state index is 10.0. The predicted molar refractivity (Wildman–Crippen MR) is 64.3 cm³/mol. The minimum Gasteiger partial charge on any atom is -0.476 e. The van der Waals surface area contributed by atoms with Crippen molar-refractivity contribution in [2.45, 2.75) is 0 Å². The number of aromatic nitrogens is 1. The standard InChI is InChI=1S/C6H8N2.C4H3NO2S/c7-5-3-1-2-4-6(5)8;6-4(7)3-1-8-2-5-3/h1-4H,7-8H2;1-2H,(H,6,7). The van der Waals surface area contributed by atoms with Crippen LogP contribution in [0.4, 0.5) is 11.4 Å². The quantitative estimate of drug-likeness (QED) is 0.655. The molecule has 0 aliphatic carbocycles. The zero-order chi connectivity index (χ0) is 12.0. The van der Waals surface area contributed by atoms with Crippen LogP contribution in [0.15, 0.2) is 35.2 Å². The Morgan fingerprint density at radius 1 is 1.25 bits per heavy atom. The molecule has 2 rings (SSSR count). The van der Waals surface area contributed by atoms with E-state index in [0.717, 1.165) is 0 Å². The van der Waals surface area contributed by atoms with E-state index in [1.54, 1.807) is 12.1 Å². The molecule has 0 aliphatic heterocycles. The minimum atomic E-state index is -0.966. The molecule has 6 heteroatoms. The van der Waals surface area contributed by atoms with Gasteiger partial charge in [0.25, 0.3) is 0 Å². The molecule has 1 aromatic heterocycles. The first-order chi connectivity index (χ1) is 7.61. The molecule has 0 unspecified atom stereocenters. The van der Waals surface area contributed by atoms with Crippen molar-refractivity contribution in [2.24, 2.45) is 0 Å². The molecule has 5 nitrogen and oxygen atoms in total. The maximum Gasteiger partial charge on any atom is 0.355 e. The molecular weight excluding hydrogens is 226 g/mol. The molecule has 1 aromatic carbocycles. The summed E-state index contributed by atoms with van der Waals surface area (Å²) in [6.07, 6.45) is 0. The van der Waals surface area contributed by atoms with Crippen LogP contribution < -0.4 is 11.5 Å². The van der Waals surface area contributed by atoms with E-state index < -0.39 is 5.97 Å². The van der Waals surface area contributed by atoms with E-state index in [1.165, 1.54) is 22.2 Å². The largest absolute Gasteiger partial charge is 0.476 e. The molecule has 0 fully saturated rings. The summed E-state index contributed by atoms with van der Waals surface area (Å²) in [6.45, 7) is 0. The highest BCUT2D eigenvalue weighted by Crippen LogP contribution is 2.10. The number of carboxylic acids is 1. The van der Waals surface area contributed by atoms with Crippen LogP contribution in [-0.2, 0) is 0 Å². The van der Waals surface area contributed by atoms with E-state index >= 15 is 0 Å². The second-order valence-corrected chi connectivity index (χ2v) is 3.53. The molecule has 5 N–H and O–H groups in total. The summed E-state index contributed by atoms with van der Waals surface area (Å²) in [5, 5.41) is 9.71. The Bertz CT molecular complexity index is 436. The monoisotopic (exact) mass is 237 g/mol. The van der Waals surface area contributed by atoms with Crippen LogP contribution in [0.25, 0.3) is 0 Å². The van der Waals surface area contributed by atoms with Crippen LogP contribution in [0.5, 0.6) is 0 Å². The lowest BCUT2D eigenvalue weighted by molar-refractivity contribution is 0.0691. The summed E-state index contributed by atoms with van der Waals surface area (Å²) in [5.74, 6) is -0.966. The average molecular weight is 237 g/mol. The van der Waals surface area contributed by atoms with Gasteiger partial charge in [-0.2, -0.15) is 0 Å². The lowest BCUT2D eigenvalue weighted by Gasteiger charge is -1.94. The van der Waals surface area contributed by atoms with Crippen molar-refractivity contribution in [3.05, 3.63) is 40.8 Å². The van der Waals surface area contributed by atoms with Crippen molar-refractivity contribution in [3.63, 3.8) is 0 Å². The highest BCUT2D eigenvalue weighted by Gasteiger charge is 2.00. The van der Waals surface area contributed by atoms with Gasteiger partial charge in [0.1, 0.15) is 0 Å². The van der Waals surface area contributed by atoms with Gasteiger partial charge in [-0.05, 0) is 12.1 Å². The molecule has 1 heterocycles. The number of nitrogens with zero attached hydrogens (tertiary/aromatic N) is 1. The van der Waals surface area contributed by atoms with E-state index in [1.807, 2.05) is 12.1 Å². The number of benzene rings is 1. The van der Waals surface area contributed by atoms with Crippen LogP contribution in [0.2, 0.25) is 0 Å². The zero-order valence-corrected chi connectivity index (χ0v) is 9.15. The van der Waals surface area contributed by atoms with Crippen molar-refractivity contribution in [1.29, 1.82) is 0 Å². The third-order valence-corrected chi connectivity index (χ3v) is 2.23. The molecule has 0 radical (unpaired) electrons. The minimum absolute atomic E-state index is 0.120. The zero-order valence-electron chi connectivity index (χ0n) is 8.33. The molecule has 0 saturated heterocycles. The van der Waals surface area contributed by atoms with Gasteiger partial charge in [-0.25, -0.2) is 9.78 Å². The van der Waals surface area contributed by atoms with E-state index in [0.29, 0.717) is 11.4 Å². The van der Waals surface area contributed by atoms with Gasteiger partial charge in [-0.3, -0.25) is 0 Å². The summed E-state index contributed by atoms with van der Waals surface area (Å²) >= 11 is 1.28. The highest BCUT2D eigenvalue weighted by molar-refractivity contribution is 7.07. The Morgan fingerprint density at radius 3 is 2.06 bits per heavy atom. The van der Waals surface area contributed by atoms with E-state index in [-0.39, 0.29) is 5.69 Å². The van der Waals surface area contributed by atoms with Gasteiger partial charge < -0.3 is 16.6 Å². The van der Waals surface area contributed by atoms with Gasteiger partial charge in [0.05, 0.1) is 16.9 Å². The maximum absolute atomic E-state index is 10.0. The Labute approximate surface area is 96.4 Å². The fourth-order valence-corrected chi connectivity index (χ4v) is 1.35. The first kappa shape index (κ1) is 12.0. The number of hydrogen-bond acceptors (Lipinski definition) is 5. The van der Waals surface area contributed by atoms with Crippen molar-refractivity contribution >= 4 is 28.7 Å². The number of carbonyl (C=O) groups is 1. The number of nitrogens with two attached hydrogens (primary N) is 2. The first-order valence-electron chi connectivity index (χ1n) is 4.32. The van der Waals surface area contributed by atoms with Crippen LogP contribution >= 0.6 is 11.3 Å². The predicted octanol–water partition coefficient (Wildman–Crippen LogP) is 1.69. The molecule has 0 aliphatic rings. The molecule has 0 atom stereocenters. The van der Waals surface area contributed by atoms with Crippen molar-refractivity contribution < 1.29 is 9.90 Å². The number of carboxylic acid groups (broad SMARTS) is 1. The van der Waals surface area contributed by atoms with Crippen LogP contribution in [0.3, 0.4) is 0 Å². The van der Waals surface area contributed by atoms with E-state index in [9.17, 15) is 4.79 Å². The number of para-hydroxylation sites is 2. The van der Waals surface area contributed by atoms with Crippen molar-refractivity contribution in [2.75, 3.05) is 11.5 Å². The highest BCUT2D eigenvalue weighted by atomic mass is 32.1. The second-order valence-electron chi connectivity index (χ2n) is 2.81. The SMILES string of the molecule is Nc1ccccc1N.O=C(O)c1cscn1. The average Bonchev–Trinajstić information content (AvgIpc) is 2.77. The third-order valence-electron chi connectivity index (χ3n) is 1.65. The number of rotatable bonds is 1. The van der Waals surface area contributed by atoms with Crippen LogP contribution in [0, 0.1) is 0 Å². The number of thiazole rings is 1. The summed E-state index contributed by atoms with van der Waals surface area (Å²) in [7, 11) is 0. The summed E-state index contributed by atoms with van der Waals surface area (Å²) in [4.78, 5) is 13.5. The van der Waals surface area contributed by atoms with Gasteiger partial charge in [0.15, 0.2) is 5.69 Å². The molecule has 0 saturated carbocycles. The number of anilines is 2. The van der Waals surface area contributed by atoms with E-state index in [4.69, 9.17) is 16.6 Å². The van der Waals surface area contributed by atoms with Gasteiger partial charge in [0, 0.05) is 5.38 Å². The third kappa shape index (κ3) is 3.58. The van der Waals surface area contributed by atoms with Gasteiger partial charge in [-0.1, -0.05) is 12.1 Å². The molecule has 0 bridgehead atoms. The number of hydrogen-bond donors (Lipinski definition) is 3. The normalized spacial score (nSPS) is 9.00. The van der Waals surface area contributed by atoms with Crippen molar-refractivity contribution in [3.8, 4) is 0 Å². The lowest BCUT2D eigenvalue weighted by Crippen LogP contribution is -1.94. The summed E-state index contributed by atoms with van der Waals surface area (Å²) < 4.78 is 0. The molecule has 0 amide bonds. The fraction of sp³-hybridized carbons (Fsp3) is 0. The van der Waals surface area contributed by atoms with Gasteiger partial charge >= 0.3 is 5.97 Å². The first-order valence-corrected chi connectivity index (χ1v) is 5.27. The molecule has 16 heavy (non-hydrogen) atoms. The topological polar surface area (TPSA) is 102 Å². The Morgan fingerprint density at radius 2 is 1.81 bits per heavy atom. The smallest absolute Gasteiger partial charge is 0.355 e. The fourth-order valence-electron chi connectivity index (χ4n) is 0.829. The molecule has 2 aromatic rings. The Hall–Kier alpha value is -2.08. The summed E-state index contributed by atoms with van der Waals surface area (Å²) in [6, 6.07) is 7.25. The van der Waals surface area contributed by atoms with Crippen LogP contribution in [0.1, 0.15) is 10.5 Å². The van der Waals surface area contributed by atoms with E-state index in [2.05, 4.69) is 4.98 Å². The number of nitrogen functional groups attached to an aromatic ring is 2.